The van der Waals surface area contributed by atoms with Gasteiger partial charge in [-0.25, -0.2) is 9.18 Å². The van der Waals surface area contributed by atoms with Crippen LogP contribution in [0.3, 0.4) is 0 Å². The van der Waals surface area contributed by atoms with Crippen molar-refractivity contribution in [3.63, 3.8) is 0 Å². The van der Waals surface area contributed by atoms with E-state index in [2.05, 4.69) is 5.32 Å². The summed E-state index contributed by atoms with van der Waals surface area (Å²) in [4.78, 5) is 35.4. The molecular formula is C17H10Cl2FNO4. The normalized spacial score (nSPS) is 12.5. The molecule has 128 valence electrons. The highest BCUT2D eigenvalue weighted by Gasteiger charge is 2.21. The lowest BCUT2D eigenvalue weighted by Gasteiger charge is -2.07. The molecule has 1 heterocycles. The molecule has 2 aromatic carbocycles. The van der Waals surface area contributed by atoms with E-state index in [9.17, 15) is 18.8 Å². The number of halogens is 3. The van der Waals surface area contributed by atoms with Crippen LogP contribution in [0.1, 0.15) is 26.3 Å². The number of hydrogen-bond acceptors (Lipinski definition) is 4. The molecule has 3 rings (SSSR count). The molecule has 0 fully saturated rings. The van der Waals surface area contributed by atoms with Crippen LogP contribution in [0.4, 0.5) is 10.1 Å². The van der Waals surface area contributed by atoms with Crippen molar-refractivity contribution >= 4 is 46.5 Å². The summed E-state index contributed by atoms with van der Waals surface area (Å²) in [5.41, 5.74) is 1.43. The molecule has 0 aromatic heterocycles. The number of rotatable bonds is 4. The Balaban J connectivity index is 1.69. The number of carbonyl (C=O) groups excluding carboxylic acids is 3. The number of ketones is 1. The molecule has 2 aromatic rings. The Morgan fingerprint density at radius 3 is 2.68 bits per heavy atom. The second-order valence-electron chi connectivity index (χ2n) is 5.34. The van der Waals surface area contributed by atoms with Crippen LogP contribution in [0.5, 0.6) is 0 Å². The number of nitrogens with one attached hydrogen (secondary N) is 1. The maximum Gasteiger partial charge on any atom is 0.340 e. The molecule has 1 amide bonds. The molecule has 0 radical (unpaired) electrons. The van der Waals surface area contributed by atoms with Crippen molar-refractivity contribution in [3.8, 4) is 0 Å². The first kappa shape index (κ1) is 17.4. The predicted octanol–water partition coefficient (Wildman–Crippen LogP) is 3.67. The van der Waals surface area contributed by atoms with Crippen molar-refractivity contribution < 1.29 is 23.5 Å². The standard InChI is InChI=1S/C17H10Cl2FNO4/c18-11-6-12(19)13(20)5-10(11)17(24)25-7-15(22)8-1-2-14-9(3-8)4-16(23)21-14/h1-3,5-6H,4,7H2,(H,21,23). The lowest BCUT2D eigenvalue weighted by atomic mass is 10.1. The van der Waals surface area contributed by atoms with E-state index in [1.165, 1.54) is 6.07 Å². The van der Waals surface area contributed by atoms with Crippen molar-refractivity contribution in [2.24, 2.45) is 0 Å². The third kappa shape index (κ3) is 3.65. The summed E-state index contributed by atoms with van der Waals surface area (Å²) < 4.78 is 18.3. The largest absolute Gasteiger partial charge is 0.454 e. The molecule has 0 atom stereocenters. The topological polar surface area (TPSA) is 72.5 Å². The highest BCUT2D eigenvalue weighted by atomic mass is 35.5. The van der Waals surface area contributed by atoms with Crippen molar-refractivity contribution in [3.05, 3.63) is 62.9 Å². The first-order valence-corrected chi connectivity index (χ1v) is 7.88. The summed E-state index contributed by atoms with van der Waals surface area (Å²) in [6, 6.07) is 6.64. The Kier molecular flexibility index (Phi) is 4.74. The quantitative estimate of drug-likeness (QED) is 0.498. The second-order valence-corrected chi connectivity index (χ2v) is 6.16. The number of hydrogen-bond donors (Lipinski definition) is 1. The number of amides is 1. The Morgan fingerprint density at radius 1 is 1.16 bits per heavy atom. The van der Waals surface area contributed by atoms with Crippen LogP contribution in [0.2, 0.25) is 10.0 Å². The van der Waals surface area contributed by atoms with E-state index >= 15 is 0 Å². The van der Waals surface area contributed by atoms with Gasteiger partial charge in [-0.05, 0) is 35.9 Å². The van der Waals surface area contributed by atoms with E-state index < -0.39 is 24.2 Å². The zero-order valence-corrected chi connectivity index (χ0v) is 14.1. The first-order chi connectivity index (χ1) is 11.8. The van der Waals surface area contributed by atoms with Crippen LogP contribution in [0, 0.1) is 5.82 Å². The van der Waals surface area contributed by atoms with Gasteiger partial charge in [0.2, 0.25) is 5.91 Å². The second kappa shape index (κ2) is 6.82. The van der Waals surface area contributed by atoms with Gasteiger partial charge in [0.15, 0.2) is 12.4 Å². The van der Waals surface area contributed by atoms with Gasteiger partial charge in [-0.3, -0.25) is 9.59 Å². The van der Waals surface area contributed by atoms with Gasteiger partial charge in [-0.2, -0.15) is 0 Å². The highest BCUT2D eigenvalue weighted by Crippen LogP contribution is 2.26. The van der Waals surface area contributed by atoms with Gasteiger partial charge in [-0.1, -0.05) is 23.2 Å². The third-order valence-electron chi connectivity index (χ3n) is 3.62. The first-order valence-electron chi connectivity index (χ1n) is 7.13. The summed E-state index contributed by atoms with van der Waals surface area (Å²) >= 11 is 11.4. The van der Waals surface area contributed by atoms with Crippen LogP contribution in [-0.4, -0.2) is 24.3 Å². The minimum Gasteiger partial charge on any atom is -0.454 e. The lowest BCUT2D eigenvalue weighted by molar-refractivity contribution is -0.115. The summed E-state index contributed by atoms with van der Waals surface area (Å²) in [5.74, 6) is -2.36. The van der Waals surface area contributed by atoms with Crippen molar-refractivity contribution in [2.45, 2.75) is 6.42 Å². The predicted molar refractivity (Wildman–Crippen MR) is 89.8 cm³/mol. The summed E-state index contributed by atoms with van der Waals surface area (Å²) in [7, 11) is 0. The summed E-state index contributed by atoms with van der Waals surface area (Å²) in [5, 5.41) is 2.35. The fourth-order valence-electron chi connectivity index (χ4n) is 2.37. The molecule has 1 N–H and O–H groups in total. The highest BCUT2D eigenvalue weighted by molar-refractivity contribution is 6.36. The molecule has 1 aliphatic rings. The monoisotopic (exact) mass is 381 g/mol. The molecule has 0 spiro atoms. The fraction of sp³-hybridized carbons (Fsp3) is 0.118. The number of Topliss-reactive ketones (excluding diaryl/α,β-unsaturated/α-hetero) is 1. The van der Waals surface area contributed by atoms with Crippen molar-refractivity contribution in [1.29, 1.82) is 0 Å². The van der Waals surface area contributed by atoms with Crippen molar-refractivity contribution in [1.82, 2.24) is 0 Å². The number of esters is 1. The number of ether oxygens (including phenoxy) is 1. The molecule has 8 heteroatoms. The zero-order chi connectivity index (χ0) is 18.1. The van der Waals surface area contributed by atoms with E-state index in [0.717, 1.165) is 12.1 Å². The molecular weight excluding hydrogens is 372 g/mol. The lowest BCUT2D eigenvalue weighted by Crippen LogP contribution is -2.15. The number of benzene rings is 2. The molecule has 0 saturated heterocycles. The Morgan fingerprint density at radius 2 is 1.92 bits per heavy atom. The maximum absolute atomic E-state index is 13.4. The average Bonchev–Trinajstić information content (AvgIpc) is 2.94. The molecule has 0 unspecified atom stereocenters. The van der Waals surface area contributed by atoms with Gasteiger partial charge >= 0.3 is 5.97 Å². The molecule has 0 saturated carbocycles. The number of carbonyl (C=O) groups is 3. The van der Waals surface area contributed by atoms with Crippen LogP contribution in [0.15, 0.2) is 30.3 Å². The summed E-state index contributed by atoms with van der Waals surface area (Å²) in [6.07, 6.45) is 0.190. The van der Waals surface area contributed by atoms with Crippen LogP contribution in [-0.2, 0) is 16.0 Å². The van der Waals surface area contributed by atoms with Crippen LogP contribution >= 0.6 is 23.2 Å². The minimum atomic E-state index is -0.938. The van der Waals surface area contributed by atoms with Crippen LogP contribution < -0.4 is 5.32 Å². The molecule has 0 aliphatic carbocycles. The van der Waals surface area contributed by atoms with Gasteiger partial charge < -0.3 is 10.1 Å². The van der Waals surface area contributed by atoms with E-state index in [-0.39, 0.29) is 27.9 Å². The van der Waals surface area contributed by atoms with Gasteiger partial charge in [0, 0.05) is 11.3 Å². The average molecular weight is 382 g/mol. The van der Waals surface area contributed by atoms with Gasteiger partial charge in [-0.15, -0.1) is 0 Å². The van der Waals surface area contributed by atoms with Crippen molar-refractivity contribution in [2.75, 3.05) is 11.9 Å². The van der Waals surface area contributed by atoms with Gasteiger partial charge in [0.1, 0.15) is 5.82 Å². The number of anilines is 1. The minimum absolute atomic E-state index is 0.0778. The van der Waals surface area contributed by atoms with Gasteiger partial charge in [0.25, 0.3) is 0 Å². The Labute approximate surface area is 151 Å². The van der Waals surface area contributed by atoms with Crippen LogP contribution in [0.25, 0.3) is 0 Å². The SMILES string of the molecule is O=C1Cc2cc(C(=O)COC(=O)c3cc(F)c(Cl)cc3Cl)ccc2N1. The van der Waals surface area contributed by atoms with E-state index in [1.807, 2.05) is 0 Å². The van der Waals surface area contributed by atoms with E-state index in [1.54, 1.807) is 12.1 Å². The molecule has 1 aliphatic heterocycles. The Hall–Kier alpha value is -2.44. The molecule has 0 bridgehead atoms. The molecule has 25 heavy (non-hydrogen) atoms. The zero-order valence-electron chi connectivity index (χ0n) is 12.6. The number of fused-ring (bicyclic) bond motifs is 1. The maximum atomic E-state index is 13.4. The van der Waals surface area contributed by atoms with E-state index in [0.29, 0.717) is 16.8 Å². The third-order valence-corrected chi connectivity index (χ3v) is 4.22. The smallest absolute Gasteiger partial charge is 0.340 e. The Bertz CT molecular complexity index is 914. The summed E-state index contributed by atoms with van der Waals surface area (Å²) in [6.45, 7) is -0.542. The van der Waals surface area contributed by atoms with E-state index in [4.69, 9.17) is 27.9 Å². The van der Waals surface area contributed by atoms with Gasteiger partial charge in [0.05, 0.1) is 22.0 Å². The molecule has 5 nitrogen and oxygen atoms in total. The fourth-order valence-corrected chi connectivity index (χ4v) is 2.83.